The molecular formula is C18H15ClN6. The first-order valence-electron chi connectivity index (χ1n) is 8.18. The summed E-state index contributed by atoms with van der Waals surface area (Å²) in [4.78, 5) is 8.82. The van der Waals surface area contributed by atoms with Crippen LogP contribution in [0.3, 0.4) is 0 Å². The first-order chi connectivity index (χ1) is 12.2. The highest BCUT2D eigenvalue weighted by atomic mass is 35.5. The molecule has 5 rings (SSSR count). The van der Waals surface area contributed by atoms with Gasteiger partial charge in [-0.2, -0.15) is 10.2 Å². The van der Waals surface area contributed by atoms with E-state index in [-0.39, 0.29) is 6.04 Å². The number of rotatable bonds is 2. The highest BCUT2D eigenvalue weighted by Crippen LogP contribution is 2.34. The Kier molecular flexibility index (Phi) is 3.15. The molecule has 0 amide bonds. The lowest BCUT2D eigenvalue weighted by Gasteiger charge is -2.11. The van der Waals surface area contributed by atoms with Crippen LogP contribution in [-0.2, 0) is 12.8 Å². The molecule has 0 bridgehead atoms. The van der Waals surface area contributed by atoms with Crippen LogP contribution in [0.1, 0.15) is 22.7 Å². The fourth-order valence-corrected chi connectivity index (χ4v) is 3.80. The van der Waals surface area contributed by atoms with Gasteiger partial charge in [0.15, 0.2) is 17.2 Å². The number of hydrogen-bond donors (Lipinski definition) is 0. The summed E-state index contributed by atoms with van der Waals surface area (Å²) >= 11 is 6.54. The standard InChI is InChI=1S/C18H15ClN6/c1-11-8-20-17-15(19)16(23-24(17)9-11)18-21-10-22-25(18)14-6-12-4-2-3-5-13(12)7-14/h2-5,8-10,14H,6-7H2,1H3. The molecule has 0 N–H and O–H groups in total. The molecule has 6 nitrogen and oxygen atoms in total. The highest BCUT2D eigenvalue weighted by molar-refractivity contribution is 6.35. The average molecular weight is 351 g/mol. The van der Waals surface area contributed by atoms with E-state index in [2.05, 4.69) is 44.4 Å². The zero-order valence-electron chi connectivity index (χ0n) is 13.6. The number of hydrogen-bond acceptors (Lipinski definition) is 4. The normalized spacial score (nSPS) is 14.3. The molecule has 0 saturated carbocycles. The molecule has 0 fully saturated rings. The zero-order valence-corrected chi connectivity index (χ0v) is 14.4. The van der Waals surface area contributed by atoms with Crippen LogP contribution in [0.4, 0.5) is 0 Å². The Morgan fingerprint density at radius 2 is 1.88 bits per heavy atom. The van der Waals surface area contributed by atoms with E-state index in [9.17, 15) is 0 Å². The van der Waals surface area contributed by atoms with E-state index in [1.165, 1.54) is 11.1 Å². The van der Waals surface area contributed by atoms with Crippen molar-refractivity contribution in [3.63, 3.8) is 0 Å². The van der Waals surface area contributed by atoms with Crippen molar-refractivity contribution in [1.29, 1.82) is 0 Å². The number of nitrogens with zero attached hydrogens (tertiary/aromatic N) is 6. The first-order valence-corrected chi connectivity index (χ1v) is 8.55. The van der Waals surface area contributed by atoms with Crippen LogP contribution in [-0.4, -0.2) is 29.4 Å². The van der Waals surface area contributed by atoms with Crippen LogP contribution in [0, 0.1) is 6.92 Å². The van der Waals surface area contributed by atoms with Gasteiger partial charge in [-0.1, -0.05) is 35.9 Å². The number of aromatic nitrogens is 6. The van der Waals surface area contributed by atoms with Crippen molar-refractivity contribution in [3.05, 3.63) is 64.7 Å². The summed E-state index contributed by atoms with van der Waals surface area (Å²) in [5.41, 5.74) is 5.00. The van der Waals surface area contributed by atoms with Crippen LogP contribution in [0.2, 0.25) is 5.02 Å². The van der Waals surface area contributed by atoms with Crippen molar-refractivity contribution in [2.75, 3.05) is 0 Å². The first kappa shape index (κ1) is 14.6. The molecule has 0 saturated heterocycles. The maximum absolute atomic E-state index is 6.54. The van der Waals surface area contributed by atoms with Gasteiger partial charge in [-0.05, 0) is 36.5 Å². The molecule has 0 aliphatic heterocycles. The zero-order chi connectivity index (χ0) is 17.0. The molecule has 4 aromatic rings. The third-order valence-corrected chi connectivity index (χ3v) is 5.05. The van der Waals surface area contributed by atoms with Gasteiger partial charge in [0.05, 0.1) is 6.04 Å². The number of fused-ring (bicyclic) bond motifs is 2. The van der Waals surface area contributed by atoms with Crippen molar-refractivity contribution in [3.8, 4) is 11.5 Å². The molecule has 3 aromatic heterocycles. The monoisotopic (exact) mass is 350 g/mol. The molecule has 0 spiro atoms. The molecular weight excluding hydrogens is 336 g/mol. The quantitative estimate of drug-likeness (QED) is 0.556. The molecule has 1 aliphatic carbocycles. The Balaban J connectivity index is 1.60. The van der Waals surface area contributed by atoms with Gasteiger partial charge in [0.25, 0.3) is 0 Å². The number of halogens is 1. The molecule has 1 aromatic carbocycles. The second kappa shape index (κ2) is 5.39. The molecule has 0 unspecified atom stereocenters. The summed E-state index contributed by atoms with van der Waals surface area (Å²) in [5, 5.41) is 9.56. The van der Waals surface area contributed by atoms with Gasteiger partial charge < -0.3 is 0 Å². The van der Waals surface area contributed by atoms with Gasteiger partial charge in [0.2, 0.25) is 0 Å². The Morgan fingerprint density at radius 1 is 1.12 bits per heavy atom. The van der Waals surface area contributed by atoms with Crippen molar-refractivity contribution in [2.45, 2.75) is 25.8 Å². The molecule has 3 heterocycles. The fourth-order valence-electron chi connectivity index (χ4n) is 3.54. The van der Waals surface area contributed by atoms with E-state index in [0.29, 0.717) is 22.2 Å². The Labute approximate surface area is 149 Å². The van der Waals surface area contributed by atoms with Gasteiger partial charge in [-0.3, -0.25) is 0 Å². The summed E-state index contributed by atoms with van der Waals surface area (Å²) in [7, 11) is 0. The topological polar surface area (TPSA) is 60.9 Å². The van der Waals surface area contributed by atoms with Crippen molar-refractivity contribution in [1.82, 2.24) is 29.4 Å². The SMILES string of the molecule is Cc1cnc2c(Cl)c(-c3ncnn3C3Cc4ccccc4C3)nn2c1. The third kappa shape index (κ3) is 2.25. The van der Waals surface area contributed by atoms with Crippen LogP contribution >= 0.6 is 11.6 Å². The number of aryl methyl sites for hydroxylation is 1. The van der Waals surface area contributed by atoms with Crippen molar-refractivity contribution in [2.24, 2.45) is 0 Å². The Bertz CT molecular complexity index is 1070. The van der Waals surface area contributed by atoms with E-state index < -0.39 is 0 Å². The van der Waals surface area contributed by atoms with Crippen molar-refractivity contribution < 1.29 is 0 Å². The molecule has 25 heavy (non-hydrogen) atoms. The summed E-state index contributed by atoms with van der Waals surface area (Å²) in [5.74, 6) is 0.686. The Hall–Kier alpha value is -2.73. The van der Waals surface area contributed by atoms with Gasteiger partial charge >= 0.3 is 0 Å². The summed E-state index contributed by atoms with van der Waals surface area (Å²) in [6, 6.07) is 8.74. The second-order valence-electron chi connectivity index (χ2n) is 6.42. The molecule has 7 heteroatoms. The fraction of sp³-hybridized carbons (Fsp3) is 0.222. The van der Waals surface area contributed by atoms with Crippen molar-refractivity contribution >= 4 is 17.2 Å². The Morgan fingerprint density at radius 3 is 2.64 bits per heavy atom. The van der Waals surface area contributed by atoms with Gasteiger partial charge in [-0.15, -0.1) is 0 Å². The third-order valence-electron chi connectivity index (χ3n) is 4.71. The number of benzene rings is 1. The van der Waals surface area contributed by atoms with E-state index in [1.54, 1.807) is 17.0 Å². The van der Waals surface area contributed by atoms with Gasteiger partial charge in [-0.25, -0.2) is 19.2 Å². The smallest absolute Gasteiger partial charge is 0.180 e. The lowest BCUT2D eigenvalue weighted by molar-refractivity contribution is 0.479. The van der Waals surface area contributed by atoms with Gasteiger partial charge in [0.1, 0.15) is 11.3 Å². The van der Waals surface area contributed by atoms with Crippen LogP contribution < -0.4 is 0 Å². The van der Waals surface area contributed by atoms with E-state index in [4.69, 9.17) is 11.6 Å². The predicted octanol–water partition coefficient (Wildman–Crippen LogP) is 3.29. The predicted molar refractivity (Wildman–Crippen MR) is 94.6 cm³/mol. The molecule has 124 valence electrons. The van der Waals surface area contributed by atoms with Gasteiger partial charge in [0, 0.05) is 12.4 Å². The summed E-state index contributed by atoms with van der Waals surface area (Å²) in [6.07, 6.45) is 7.13. The lowest BCUT2D eigenvalue weighted by Crippen LogP contribution is -2.12. The van der Waals surface area contributed by atoms with E-state index in [0.717, 1.165) is 18.4 Å². The average Bonchev–Trinajstić information content (AvgIpc) is 3.30. The highest BCUT2D eigenvalue weighted by Gasteiger charge is 2.27. The maximum atomic E-state index is 6.54. The van der Waals surface area contributed by atoms with Crippen LogP contribution in [0.5, 0.6) is 0 Å². The van der Waals surface area contributed by atoms with Crippen LogP contribution in [0.25, 0.3) is 17.2 Å². The minimum absolute atomic E-state index is 0.227. The minimum Gasteiger partial charge on any atom is -0.241 e. The molecule has 0 radical (unpaired) electrons. The molecule has 0 atom stereocenters. The second-order valence-corrected chi connectivity index (χ2v) is 6.80. The lowest BCUT2D eigenvalue weighted by atomic mass is 10.1. The minimum atomic E-state index is 0.227. The van der Waals surface area contributed by atoms with E-state index >= 15 is 0 Å². The summed E-state index contributed by atoms with van der Waals surface area (Å²) in [6.45, 7) is 1.97. The molecule has 1 aliphatic rings. The van der Waals surface area contributed by atoms with Crippen LogP contribution in [0.15, 0.2) is 43.0 Å². The maximum Gasteiger partial charge on any atom is 0.180 e. The summed E-state index contributed by atoms with van der Waals surface area (Å²) < 4.78 is 3.65. The largest absolute Gasteiger partial charge is 0.241 e. The van der Waals surface area contributed by atoms with E-state index in [1.807, 2.05) is 17.8 Å².